The predicted molar refractivity (Wildman–Crippen MR) is 73.4 cm³/mol. The van der Waals surface area contributed by atoms with Crippen molar-refractivity contribution in [2.45, 2.75) is 19.8 Å². The van der Waals surface area contributed by atoms with Gasteiger partial charge in [-0.1, -0.05) is 19.4 Å². The summed E-state index contributed by atoms with van der Waals surface area (Å²) in [6.07, 6.45) is 1.42. The number of nitrogens with one attached hydrogen (secondary N) is 1. The molecule has 1 amide bonds. The third-order valence-corrected chi connectivity index (χ3v) is 2.68. The molecule has 1 atom stereocenters. The summed E-state index contributed by atoms with van der Waals surface area (Å²) in [5, 5.41) is 11.7. The lowest BCUT2D eigenvalue weighted by atomic mass is 10.0. The first kappa shape index (κ1) is 14.0. The number of amides is 1. The van der Waals surface area contributed by atoms with Gasteiger partial charge in [0.15, 0.2) is 0 Å². The van der Waals surface area contributed by atoms with Gasteiger partial charge in [-0.15, -0.1) is 0 Å². The number of carbonyl (C=O) groups excluding carboxylic acids is 1. The van der Waals surface area contributed by atoms with E-state index in [2.05, 4.69) is 5.32 Å². The highest BCUT2D eigenvalue weighted by Gasteiger charge is 2.16. The van der Waals surface area contributed by atoms with Crippen molar-refractivity contribution >= 4 is 17.3 Å². The molecule has 1 unspecified atom stereocenters. The van der Waals surface area contributed by atoms with E-state index in [4.69, 9.17) is 5.26 Å². The Balaban J connectivity index is 2.75. The van der Waals surface area contributed by atoms with Crippen molar-refractivity contribution in [1.82, 2.24) is 0 Å². The highest BCUT2D eigenvalue weighted by Crippen LogP contribution is 2.18. The number of benzene rings is 1. The Labute approximate surface area is 108 Å². The average molecular weight is 245 g/mol. The van der Waals surface area contributed by atoms with E-state index < -0.39 is 5.92 Å². The van der Waals surface area contributed by atoms with Crippen LogP contribution in [0.15, 0.2) is 24.3 Å². The summed E-state index contributed by atoms with van der Waals surface area (Å²) in [5.74, 6) is -0.798. The maximum atomic E-state index is 11.9. The van der Waals surface area contributed by atoms with Crippen molar-refractivity contribution in [2.75, 3.05) is 24.3 Å². The van der Waals surface area contributed by atoms with Gasteiger partial charge < -0.3 is 10.2 Å². The molecule has 1 aromatic carbocycles. The fourth-order valence-electron chi connectivity index (χ4n) is 1.63. The molecular weight excluding hydrogens is 226 g/mol. The summed E-state index contributed by atoms with van der Waals surface area (Å²) >= 11 is 0. The van der Waals surface area contributed by atoms with E-state index in [1.54, 1.807) is 0 Å². The van der Waals surface area contributed by atoms with Gasteiger partial charge in [0, 0.05) is 25.5 Å². The maximum Gasteiger partial charge on any atom is 0.241 e. The summed E-state index contributed by atoms with van der Waals surface area (Å²) in [7, 11) is 3.88. The van der Waals surface area contributed by atoms with Crippen molar-refractivity contribution < 1.29 is 4.79 Å². The second-order valence-electron chi connectivity index (χ2n) is 4.40. The Kier molecular flexibility index (Phi) is 5.19. The predicted octanol–water partition coefficient (Wildman–Crippen LogP) is 2.63. The number of nitriles is 1. The van der Waals surface area contributed by atoms with Gasteiger partial charge in [-0.3, -0.25) is 4.79 Å². The molecule has 18 heavy (non-hydrogen) atoms. The number of nitrogens with zero attached hydrogens (tertiary/aromatic N) is 2. The van der Waals surface area contributed by atoms with Crippen LogP contribution in [-0.2, 0) is 4.79 Å². The minimum atomic E-state index is -0.571. The molecule has 4 nitrogen and oxygen atoms in total. The molecular formula is C14H19N3O. The Morgan fingerprint density at radius 1 is 1.50 bits per heavy atom. The van der Waals surface area contributed by atoms with Crippen molar-refractivity contribution in [3.8, 4) is 6.07 Å². The molecule has 0 bridgehead atoms. The number of rotatable bonds is 5. The SMILES string of the molecule is CCCC(C#N)C(=O)Nc1cccc(N(C)C)c1. The quantitative estimate of drug-likeness (QED) is 0.867. The zero-order valence-corrected chi connectivity index (χ0v) is 11.1. The van der Waals surface area contributed by atoms with E-state index in [1.807, 2.05) is 56.3 Å². The first-order valence-electron chi connectivity index (χ1n) is 6.06. The fraction of sp³-hybridized carbons (Fsp3) is 0.429. The second-order valence-corrected chi connectivity index (χ2v) is 4.40. The van der Waals surface area contributed by atoms with Crippen LogP contribution in [0.2, 0.25) is 0 Å². The van der Waals surface area contributed by atoms with E-state index >= 15 is 0 Å². The van der Waals surface area contributed by atoms with Crippen LogP contribution in [0.5, 0.6) is 0 Å². The normalized spacial score (nSPS) is 11.4. The highest BCUT2D eigenvalue weighted by atomic mass is 16.1. The monoisotopic (exact) mass is 245 g/mol. The number of hydrogen-bond donors (Lipinski definition) is 1. The van der Waals surface area contributed by atoms with Crippen LogP contribution in [0.3, 0.4) is 0 Å². The minimum absolute atomic E-state index is 0.227. The number of carbonyl (C=O) groups is 1. The van der Waals surface area contributed by atoms with Crippen molar-refractivity contribution in [2.24, 2.45) is 5.92 Å². The molecule has 0 aliphatic carbocycles. The first-order valence-corrected chi connectivity index (χ1v) is 6.06. The number of anilines is 2. The Morgan fingerprint density at radius 3 is 2.78 bits per heavy atom. The fourth-order valence-corrected chi connectivity index (χ4v) is 1.63. The Morgan fingerprint density at radius 2 is 2.22 bits per heavy atom. The van der Waals surface area contributed by atoms with Gasteiger partial charge >= 0.3 is 0 Å². The molecule has 96 valence electrons. The van der Waals surface area contributed by atoms with Crippen LogP contribution >= 0.6 is 0 Å². The van der Waals surface area contributed by atoms with Gasteiger partial charge in [-0.2, -0.15) is 5.26 Å². The van der Waals surface area contributed by atoms with Crippen LogP contribution in [-0.4, -0.2) is 20.0 Å². The van der Waals surface area contributed by atoms with Crippen LogP contribution in [0.25, 0.3) is 0 Å². The summed E-state index contributed by atoms with van der Waals surface area (Å²) in [4.78, 5) is 13.8. The van der Waals surface area contributed by atoms with Crippen LogP contribution in [0, 0.1) is 17.2 Å². The molecule has 0 saturated carbocycles. The molecule has 1 N–H and O–H groups in total. The van der Waals surface area contributed by atoms with Crippen molar-refractivity contribution in [1.29, 1.82) is 5.26 Å². The van der Waals surface area contributed by atoms with E-state index in [0.717, 1.165) is 17.8 Å². The summed E-state index contributed by atoms with van der Waals surface area (Å²) in [5.41, 5.74) is 1.74. The molecule has 0 spiro atoms. The van der Waals surface area contributed by atoms with Crippen LogP contribution in [0.1, 0.15) is 19.8 Å². The smallest absolute Gasteiger partial charge is 0.241 e. The highest BCUT2D eigenvalue weighted by molar-refractivity contribution is 5.94. The molecule has 0 aliphatic rings. The van der Waals surface area contributed by atoms with Gasteiger partial charge in [0.05, 0.1) is 6.07 Å². The third-order valence-electron chi connectivity index (χ3n) is 2.68. The zero-order valence-electron chi connectivity index (χ0n) is 11.1. The standard InChI is InChI=1S/C14H19N3O/c1-4-6-11(10-15)14(18)16-12-7-5-8-13(9-12)17(2)3/h5,7-9,11H,4,6H2,1-3H3,(H,16,18). The summed E-state index contributed by atoms with van der Waals surface area (Å²) in [6, 6.07) is 9.59. The molecule has 1 aromatic rings. The molecule has 0 fully saturated rings. The molecule has 0 heterocycles. The Hall–Kier alpha value is -2.02. The molecule has 0 radical (unpaired) electrons. The first-order chi connectivity index (χ1) is 8.58. The van der Waals surface area contributed by atoms with Crippen LogP contribution in [0.4, 0.5) is 11.4 Å². The minimum Gasteiger partial charge on any atom is -0.378 e. The molecule has 1 rings (SSSR count). The van der Waals surface area contributed by atoms with E-state index in [0.29, 0.717) is 6.42 Å². The molecule has 4 heteroatoms. The topological polar surface area (TPSA) is 56.1 Å². The van der Waals surface area contributed by atoms with Crippen molar-refractivity contribution in [3.63, 3.8) is 0 Å². The maximum absolute atomic E-state index is 11.9. The zero-order chi connectivity index (χ0) is 13.5. The summed E-state index contributed by atoms with van der Waals surface area (Å²) < 4.78 is 0. The molecule has 0 aromatic heterocycles. The number of hydrogen-bond acceptors (Lipinski definition) is 3. The van der Waals surface area contributed by atoms with E-state index in [9.17, 15) is 4.79 Å². The third kappa shape index (κ3) is 3.77. The van der Waals surface area contributed by atoms with Gasteiger partial charge in [0.25, 0.3) is 0 Å². The van der Waals surface area contributed by atoms with Gasteiger partial charge in [-0.05, 0) is 24.6 Å². The van der Waals surface area contributed by atoms with Crippen LogP contribution < -0.4 is 10.2 Å². The molecule has 0 saturated heterocycles. The summed E-state index contributed by atoms with van der Waals surface area (Å²) in [6.45, 7) is 1.96. The van der Waals surface area contributed by atoms with E-state index in [-0.39, 0.29) is 5.91 Å². The lowest BCUT2D eigenvalue weighted by Gasteiger charge is -2.14. The average Bonchev–Trinajstić information content (AvgIpc) is 2.36. The van der Waals surface area contributed by atoms with Gasteiger partial charge in [0.1, 0.15) is 5.92 Å². The lowest BCUT2D eigenvalue weighted by molar-refractivity contribution is -0.118. The molecule has 0 aliphatic heterocycles. The Bertz CT molecular complexity index is 449. The second kappa shape index (κ2) is 6.65. The van der Waals surface area contributed by atoms with Crippen molar-refractivity contribution in [3.05, 3.63) is 24.3 Å². The van der Waals surface area contributed by atoms with Gasteiger partial charge in [-0.25, -0.2) is 0 Å². The van der Waals surface area contributed by atoms with E-state index in [1.165, 1.54) is 0 Å². The lowest BCUT2D eigenvalue weighted by Crippen LogP contribution is -2.21. The van der Waals surface area contributed by atoms with Gasteiger partial charge in [0.2, 0.25) is 5.91 Å². The largest absolute Gasteiger partial charge is 0.378 e.